The first-order valence-corrected chi connectivity index (χ1v) is 12.5. The molecule has 1 saturated heterocycles. The average Bonchev–Trinajstić information content (AvgIpc) is 3.19. The van der Waals surface area contributed by atoms with Gasteiger partial charge in [-0.2, -0.15) is 17.5 Å². The summed E-state index contributed by atoms with van der Waals surface area (Å²) in [5, 5.41) is 0. The number of hydrogen-bond donors (Lipinski definition) is 0. The van der Waals surface area contributed by atoms with Gasteiger partial charge in [-0.05, 0) is 60.5 Å². The van der Waals surface area contributed by atoms with Gasteiger partial charge in [-0.15, -0.1) is 0 Å². The van der Waals surface area contributed by atoms with Gasteiger partial charge in [0.05, 0.1) is 28.7 Å². The summed E-state index contributed by atoms with van der Waals surface area (Å²) in [6.45, 7) is -1.17. The van der Waals surface area contributed by atoms with Crippen LogP contribution in [0.2, 0.25) is 0 Å². The molecule has 37 heavy (non-hydrogen) atoms. The predicted octanol–water partition coefficient (Wildman–Crippen LogP) is 5.51. The zero-order valence-corrected chi connectivity index (χ0v) is 19.9. The minimum Gasteiger partial charge on any atom is -0.298 e. The van der Waals surface area contributed by atoms with E-state index >= 15 is 0 Å². The number of benzene rings is 2. The van der Waals surface area contributed by atoms with Gasteiger partial charge in [0, 0.05) is 24.6 Å². The van der Waals surface area contributed by atoms with Crippen molar-refractivity contribution in [2.45, 2.75) is 42.3 Å². The third kappa shape index (κ3) is 6.02. The van der Waals surface area contributed by atoms with Gasteiger partial charge in [0.1, 0.15) is 5.82 Å². The van der Waals surface area contributed by atoms with Crippen molar-refractivity contribution in [3.8, 4) is 11.3 Å². The first-order chi connectivity index (χ1) is 17.3. The molecule has 0 unspecified atom stereocenters. The molecular weight excluding hydrogens is 522 g/mol. The second kappa shape index (κ2) is 9.90. The van der Waals surface area contributed by atoms with Crippen molar-refractivity contribution in [3.05, 3.63) is 83.8 Å². The highest BCUT2D eigenvalue weighted by Crippen LogP contribution is 2.37. The molecular formula is C25H20F6N2O3S. The van der Waals surface area contributed by atoms with E-state index < -0.39 is 63.2 Å². The van der Waals surface area contributed by atoms with Gasteiger partial charge in [-0.25, -0.2) is 21.6 Å². The third-order valence-electron chi connectivity index (χ3n) is 6.01. The molecule has 0 saturated carbocycles. The second-order valence-corrected chi connectivity index (χ2v) is 10.6. The Labute approximate surface area is 208 Å². The van der Waals surface area contributed by atoms with Crippen molar-refractivity contribution in [1.82, 2.24) is 9.29 Å². The molecule has 1 fully saturated rings. The quantitative estimate of drug-likeness (QED) is 0.370. The molecule has 0 bridgehead atoms. The van der Waals surface area contributed by atoms with Crippen LogP contribution in [0.15, 0.2) is 71.8 Å². The summed E-state index contributed by atoms with van der Waals surface area (Å²) < 4.78 is 106. The van der Waals surface area contributed by atoms with Crippen LogP contribution in [-0.4, -0.2) is 42.0 Å². The summed E-state index contributed by atoms with van der Waals surface area (Å²) in [7, 11) is -4.48. The van der Waals surface area contributed by atoms with Crippen LogP contribution in [0.25, 0.3) is 11.3 Å². The molecule has 4 rings (SSSR count). The lowest BCUT2D eigenvalue weighted by Crippen LogP contribution is -2.40. The molecule has 1 aliphatic heterocycles. The zero-order valence-electron chi connectivity index (χ0n) is 19.1. The number of aromatic nitrogens is 1. The number of Topliss-reactive ketones (excluding diaryl/α,β-unsaturated/α-hetero) is 1. The predicted molar refractivity (Wildman–Crippen MR) is 122 cm³/mol. The molecule has 1 aliphatic rings. The number of hydrogen-bond acceptors (Lipinski definition) is 4. The molecule has 0 amide bonds. The minimum atomic E-state index is -4.48. The fourth-order valence-corrected chi connectivity index (χ4v) is 5.74. The van der Waals surface area contributed by atoms with E-state index in [1.165, 1.54) is 18.3 Å². The van der Waals surface area contributed by atoms with Crippen LogP contribution in [0, 0.1) is 5.82 Å². The fourth-order valence-electron chi connectivity index (χ4n) is 4.11. The lowest BCUT2D eigenvalue weighted by Gasteiger charge is -2.22. The molecule has 0 N–H and O–H groups in total. The van der Waals surface area contributed by atoms with Gasteiger partial charge in [0.2, 0.25) is 10.0 Å². The Morgan fingerprint density at radius 2 is 1.68 bits per heavy atom. The number of rotatable bonds is 7. The number of carbonyl (C=O) groups excluding carboxylic acids is 1. The Balaban J connectivity index is 1.49. The number of carbonyl (C=O) groups is 1. The largest absolute Gasteiger partial charge is 0.416 e. The maximum Gasteiger partial charge on any atom is 0.416 e. The Morgan fingerprint density at radius 3 is 2.30 bits per heavy atom. The lowest BCUT2D eigenvalue weighted by molar-refractivity contribution is -0.137. The van der Waals surface area contributed by atoms with Gasteiger partial charge >= 0.3 is 6.18 Å². The molecule has 196 valence electrons. The van der Waals surface area contributed by atoms with E-state index in [1.54, 1.807) is 12.1 Å². The molecule has 2 aromatic carbocycles. The van der Waals surface area contributed by atoms with Crippen molar-refractivity contribution in [2.24, 2.45) is 0 Å². The second-order valence-electron chi connectivity index (χ2n) is 8.67. The number of sulfonamides is 1. The summed E-state index contributed by atoms with van der Waals surface area (Å²) in [4.78, 5) is 16.6. The van der Waals surface area contributed by atoms with Crippen LogP contribution < -0.4 is 0 Å². The van der Waals surface area contributed by atoms with Crippen molar-refractivity contribution in [3.63, 3.8) is 0 Å². The monoisotopic (exact) mass is 542 g/mol. The van der Waals surface area contributed by atoms with Crippen LogP contribution in [-0.2, 0) is 27.4 Å². The number of alkyl halides is 5. The molecule has 5 nitrogen and oxygen atoms in total. The smallest absolute Gasteiger partial charge is 0.298 e. The molecule has 12 heteroatoms. The fraction of sp³-hybridized carbons (Fsp3) is 0.280. The normalized spacial score (nSPS) is 18.2. The van der Waals surface area contributed by atoms with Gasteiger partial charge in [-0.3, -0.25) is 9.78 Å². The van der Waals surface area contributed by atoms with E-state index in [0.29, 0.717) is 21.1 Å². The topological polar surface area (TPSA) is 67.3 Å². The molecule has 0 radical (unpaired) electrons. The van der Waals surface area contributed by atoms with Crippen molar-refractivity contribution in [2.75, 3.05) is 6.54 Å². The third-order valence-corrected chi connectivity index (χ3v) is 7.88. The van der Waals surface area contributed by atoms with Crippen molar-refractivity contribution >= 4 is 15.8 Å². The molecule has 2 heterocycles. The SMILES string of the molecule is O=C(CCc1ccnc(-c2ccc(C(F)(F)F)cc2)c1)[C@@H]1CC(F)(F)CN1S(=O)(=O)c1ccc(F)cc1. The van der Waals surface area contributed by atoms with Gasteiger partial charge in [-0.1, -0.05) is 12.1 Å². The van der Waals surface area contributed by atoms with E-state index in [2.05, 4.69) is 4.98 Å². The Kier molecular flexibility index (Phi) is 7.17. The zero-order chi connectivity index (χ0) is 27.0. The first kappa shape index (κ1) is 26.8. The van der Waals surface area contributed by atoms with Crippen LogP contribution in [0.1, 0.15) is 24.0 Å². The Bertz CT molecular complexity index is 1390. The molecule has 3 aromatic rings. The summed E-state index contributed by atoms with van der Waals surface area (Å²) in [5.74, 6) is -4.83. The Hall–Kier alpha value is -3.25. The number of nitrogens with zero attached hydrogens (tertiary/aromatic N) is 2. The highest BCUT2D eigenvalue weighted by molar-refractivity contribution is 7.89. The summed E-state index contributed by atoms with van der Waals surface area (Å²) in [5.41, 5.74) is 0.516. The van der Waals surface area contributed by atoms with Crippen LogP contribution in [0.3, 0.4) is 0 Å². The van der Waals surface area contributed by atoms with Crippen LogP contribution in [0.5, 0.6) is 0 Å². The highest BCUT2D eigenvalue weighted by atomic mass is 32.2. The minimum absolute atomic E-state index is 0.0709. The molecule has 1 aromatic heterocycles. The first-order valence-electron chi connectivity index (χ1n) is 11.1. The van der Waals surface area contributed by atoms with Gasteiger partial charge in [0.25, 0.3) is 5.92 Å². The summed E-state index contributed by atoms with van der Waals surface area (Å²) in [6.07, 6.45) is -4.24. The summed E-state index contributed by atoms with van der Waals surface area (Å²) >= 11 is 0. The van der Waals surface area contributed by atoms with Crippen molar-refractivity contribution in [1.29, 1.82) is 0 Å². The van der Waals surface area contributed by atoms with Gasteiger partial charge < -0.3 is 0 Å². The van der Waals surface area contributed by atoms with Crippen molar-refractivity contribution < 1.29 is 39.6 Å². The standard InChI is InChI=1S/C25H20F6N2O3S/c26-19-6-8-20(9-7-19)37(35,36)33-15-24(27,28)14-22(33)23(34)10-1-16-11-12-32-21(13-16)17-2-4-18(5-3-17)25(29,30)31/h2-9,11-13,22H,1,10,14-15H2/t22-/m0/s1. The van der Waals surface area contributed by atoms with E-state index in [4.69, 9.17) is 0 Å². The van der Waals surface area contributed by atoms with E-state index in [1.807, 2.05) is 0 Å². The number of ketones is 1. The van der Waals surface area contributed by atoms with E-state index in [0.717, 1.165) is 36.4 Å². The molecule has 0 spiro atoms. The van der Waals surface area contributed by atoms with Crippen LogP contribution >= 0.6 is 0 Å². The van der Waals surface area contributed by atoms with E-state index in [-0.39, 0.29) is 12.8 Å². The maximum absolute atomic E-state index is 14.2. The lowest BCUT2D eigenvalue weighted by atomic mass is 10.0. The average molecular weight is 543 g/mol. The molecule has 1 atom stereocenters. The number of pyridine rings is 1. The number of halogens is 6. The molecule has 0 aliphatic carbocycles. The highest BCUT2D eigenvalue weighted by Gasteiger charge is 2.52. The van der Waals surface area contributed by atoms with E-state index in [9.17, 15) is 39.6 Å². The Morgan fingerprint density at radius 1 is 1.03 bits per heavy atom. The van der Waals surface area contributed by atoms with Crippen LogP contribution in [0.4, 0.5) is 26.3 Å². The number of aryl methyl sites for hydroxylation is 1. The summed E-state index contributed by atoms with van der Waals surface area (Å²) in [6, 6.07) is 9.56. The van der Waals surface area contributed by atoms with Gasteiger partial charge in [0.15, 0.2) is 5.78 Å². The maximum atomic E-state index is 14.2.